The molecule has 1 aliphatic rings. The van der Waals surface area contributed by atoms with Gasteiger partial charge in [-0.1, -0.05) is 19.8 Å². The third-order valence-electron chi connectivity index (χ3n) is 5.41. The number of aromatic nitrogens is 2. The zero-order valence-corrected chi connectivity index (χ0v) is 19.0. The van der Waals surface area contributed by atoms with Crippen LogP contribution in [0.3, 0.4) is 0 Å². The van der Waals surface area contributed by atoms with Gasteiger partial charge in [-0.15, -0.1) is 0 Å². The summed E-state index contributed by atoms with van der Waals surface area (Å²) in [5.74, 6) is 0.953. The molecule has 2 amide bonds. The highest BCUT2D eigenvalue weighted by Gasteiger charge is 2.43. The minimum absolute atomic E-state index is 0.156. The first-order valence-corrected chi connectivity index (χ1v) is 10.8. The number of nitrogens with one attached hydrogen (secondary N) is 2. The van der Waals surface area contributed by atoms with Crippen molar-refractivity contribution in [3.05, 3.63) is 23.5 Å². The third kappa shape index (κ3) is 4.60. The van der Waals surface area contributed by atoms with E-state index in [0.717, 1.165) is 53.9 Å². The Bertz CT molecular complexity index is 940. The Labute approximate surface area is 178 Å². The first kappa shape index (κ1) is 22.1. The lowest BCUT2D eigenvalue weighted by atomic mass is 9.86. The summed E-state index contributed by atoms with van der Waals surface area (Å²) >= 11 is 0. The van der Waals surface area contributed by atoms with Gasteiger partial charge in [-0.3, -0.25) is 4.79 Å². The Hall–Kier alpha value is -2.57. The number of ether oxygens (including phenoxy) is 1. The van der Waals surface area contributed by atoms with Crippen molar-refractivity contribution >= 4 is 28.7 Å². The summed E-state index contributed by atoms with van der Waals surface area (Å²) < 4.78 is 5.26. The van der Waals surface area contributed by atoms with Crippen LogP contribution in [0.2, 0.25) is 0 Å². The molecule has 3 rings (SSSR count). The highest BCUT2D eigenvalue weighted by Crippen LogP contribution is 2.43. The molecule has 0 fully saturated rings. The van der Waals surface area contributed by atoms with Crippen molar-refractivity contribution in [2.45, 2.75) is 78.2 Å². The molecule has 0 radical (unpaired) electrons. The quantitative estimate of drug-likeness (QED) is 0.656. The third-order valence-corrected chi connectivity index (χ3v) is 5.41. The molecular weight excluding hydrogens is 380 g/mol. The van der Waals surface area contributed by atoms with E-state index in [2.05, 4.69) is 28.3 Å². The number of amides is 2. The zero-order chi connectivity index (χ0) is 22.1. The fraction of sp³-hybridized carbons (Fsp3) is 0.609. The van der Waals surface area contributed by atoms with Crippen LogP contribution in [0.5, 0.6) is 0 Å². The predicted molar refractivity (Wildman–Crippen MR) is 119 cm³/mol. The van der Waals surface area contributed by atoms with Gasteiger partial charge in [-0.25, -0.2) is 9.78 Å². The van der Waals surface area contributed by atoms with E-state index in [1.54, 1.807) is 0 Å². The molecule has 0 atom stereocenters. The first-order valence-electron chi connectivity index (χ1n) is 10.8. The monoisotopic (exact) mass is 414 g/mol. The van der Waals surface area contributed by atoms with E-state index in [1.165, 1.54) is 0 Å². The van der Waals surface area contributed by atoms with Crippen LogP contribution in [-0.2, 0) is 21.4 Å². The first-order chi connectivity index (χ1) is 14.0. The Kier molecular flexibility index (Phi) is 6.11. The van der Waals surface area contributed by atoms with Crippen molar-refractivity contribution in [3.8, 4) is 0 Å². The van der Waals surface area contributed by atoms with Crippen molar-refractivity contribution in [1.29, 1.82) is 0 Å². The van der Waals surface area contributed by atoms with Crippen LogP contribution in [0, 0.1) is 0 Å². The van der Waals surface area contributed by atoms with Gasteiger partial charge in [0.15, 0.2) is 0 Å². The van der Waals surface area contributed by atoms with Gasteiger partial charge in [0.1, 0.15) is 11.4 Å². The molecule has 7 heteroatoms. The van der Waals surface area contributed by atoms with Crippen LogP contribution in [0.4, 0.5) is 10.5 Å². The molecular formula is C23H34N4O3. The second-order valence-electron chi connectivity index (χ2n) is 9.54. The second kappa shape index (κ2) is 8.28. The fourth-order valence-electron chi connectivity index (χ4n) is 3.84. The van der Waals surface area contributed by atoms with Crippen LogP contribution in [-0.4, -0.2) is 40.7 Å². The standard InChI is InChI=1S/C23H34N4O3/c1-7-8-9-12-27-18-14-17-16(13-15(18)23(5,6)20(27)28)25-19(26-17)10-11-24-21(29)30-22(2,3)4/h13-14H,7-12H2,1-6H3,(H,24,29)(H,25,26). The summed E-state index contributed by atoms with van der Waals surface area (Å²) in [4.78, 5) is 34.7. The number of hydrogen-bond donors (Lipinski definition) is 2. The Morgan fingerprint density at radius 3 is 2.67 bits per heavy atom. The summed E-state index contributed by atoms with van der Waals surface area (Å²) in [6, 6.07) is 4.07. The van der Waals surface area contributed by atoms with Crippen LogP contribution in [0.1, 0.15) is 72.2 Å². The predicted octanol–water partition coefficient (Wildman–Crippen LogP) is 4.44. The zero-order valence-electron chi connectivity index (χ0n) is 19.0. The molecule has 0 spiro atoms. The van der Waals surface area contributed by atoms with Gasteiger partial charge in [-0.2, -0.15) is 0 Å². The number of hydrogen-bond acceptors (Lipinski definition) is 4. The summed E-state index contributed by atoms with van der Waals surface area (Å²) in [5.41, 5.74) is 2.71. The molecule has 2 aromatic rings. The smallest absolute Gasteiger partial charge is 0.407 e. The number of aromatic amines is 1. The van der Waals surface area contributed by atoms with E-state index in [9.17, 15) is 9.59 Å². The average molecular weight is 415 g/mol. The molecule has 30 heavy (non-hydrogen) atoms. The summed E-state index contributed by atoms with van der Waals surface area (Å²) in [6.45, 7) is 12.8. The highest BCUT2D eigenvalue weighted by molar-refractivity contribution is 6.09. The van der Waals surface area contributed by atoms with E-state index in [0.29, 0.717) is 13.0 Å². The Balaban J connectivity index is 1.75. The number of anilines is 1. The molecule has 1 aromatic carbocycles. The molecule has 0 aliphatic carbocycles. The summed E-state index contributed by atoms with van der Waals surface area (Å²) in [6.07, 6.45) is 3.37. The van der Waals surface area contributed by atoms with Crippen LogP contribution in [0.15, 0.2) is 12.1 Å². The van der Waals surface area contributed by atoms with Gasteiger partial charge >= 0.3 is 6.09 Å². The number of fused-ring (bicyclic) bond motifs is 2. The Morgan fingerprint density at radius 2 is 2.00 bits per heavy atom. The lowest BCUT2D eigenvalue weighted by Gasteiger charge is -2.20. The van der Waals surface area contributed by atoms with E-state index in [-0.39, 0.29) is 5.91 Å². The van der Waals surface area contributed by atoms with Crippen molar-refractivity contribution < 1.29 is 14.3 Å². The molecule has 1 aromatic heterocycles. The number of alkyl carbamates (subject to hydrolysis) is 1. The fourth-order valence-corrected chi connectivity index (χ4v) is 3.84. The molecule has 164 valence electrons. The van der Waals surface area contributed by atoms with E-state index in [1.807, 2.05) is 45.6 Å². The highest BCUT2D eigenvalue weighted by atomic mass is 16.6. The van der Waals surface area contributed by atoms with Crippen molar-refractivity contribution in [3.63, 3.8) is 0 Å². The Morgan fingerprint density at radius 1 is 1.27 bits per heavy atom. The van der Waals surface area contributed by atoms with Crippen molar-refractivity contribution in [1.82, 2.24) is 15.3 Å². The van der Waals surface area contributed by atoms with Crippen LogP contribution < -0.4 is 10.2 Å². The summed E-state index contributed by atoms with van der Waals surface area (Å²) in [5, 5.41) is 2.76. The largest absolute Gasteiger partial charge is 0.444 e. The molecule has 2 heterocycles. The van der Waals surface area contributed by atoms with E-state index >= 15 is 0 Å². The van der Waals surface area contributed by atoms with Gasteiger partial charge < -0.3 is 19.9 Å². The van der Waals surface area contributed by atoms with Crippen LogP contribution in [0.25, 0.3) is 11.0 Å². The van der Waals surface area contributed by atoms with Crippen LogP contribution >= 0.6 is 0 Å². The van der Waals surface area contributed by atoms with Crippen molar-refractivity contribution in [2.24, 2.45) is 0 Å². The lowest BCUT2D eigenvalue weighted by Crippen LogP contribution is -2.36. The SMILES string of the molecule is CCCCCN1C(=O)C(C)(C)c2cc3[nH]c(CCNC(=O)OC(C)(C)C)nc3cc21. The van der Waals surface area contributed by atoms with Gasteiger partial charge in [0.25, 0.3) is 0 Å². The minimum Gasteiger partial charge on any atom is -0.444 e. The number of nitrogens with zero attached hydrogens (tertiary/aromatic N) is 2. The number of rotatable bonds is 7. The molecule has 1 aliphatic heterocycles. The topological polar surface area (TPSA) is 87.3 Å². The molecule has 0 bridgehead atoms. The number of carbonyl (C=O) groups excluding carboxylic acids is 2. The number of H-pyrrole nitrogens is 1. The van der Waals surface area contributed by atoms with Gasteiger partial charge in [0, 0.05) is 19.5 Å². The second-order valence-corrected chi connectivity index (χ2v) is 9.54. The average Bonchev–Trinajstić information content (AvgIpc) is 3.10. The molecule has 7 nitrogen and oxygen atoms in total. The maximum absolute atomic E-state index is 13.0. The normalized spacial score (nSPS) is 15.5. The molecule has 2 N–H and O–H groups in total. The minimum atomic E-state index is -0.542. The van der Waals surface area contributed by atoms with E-state index < -0.39 is 17.1 Å². The van der Waals surface area contributed by atoms with Gasteiger partial charge in [0.2, 0.25) is 5.91 Å². The summed E-state index contributed by atoms with van der Waals surface area (Å²) in [7, 11) is 0. The van der Waals surface area contributed by atoms with E-state index in [4.69, 9.17) is 4.74 Å². The number of imidazole rings is 1. The molecule has 0 saturated carbocycles. The lowest BCUT2D eigenvalue weighted by molar-refractivity contribution is -0.122. The van der Waals surface area contributed by atoms with Crippen molar-refractivity contribution in [2.75, 3.05) is 18.0 Å². The molecule has 0 saturated heterocycles. The maximum atomic E-state index is 13.0. The number of unbranched alkanes of at least 4 members (excludes halogenated alkanes) is 2. The van der Waals surface area contributed by atoms with Gasteiger partial charge in [0.05, 0.1) is 22.1 Å². The number of carbonyl (C=O) groups is 2. The maximum Gasteiger partial charge on any atom is 0.407 e. The van der Waals surface area contributed by atoms with Gasteiger partial charge in [-0.05, 0) is 58.7 Å². The molecule has 0 unspecified atom stereocenters. The number of benzene rings is 1.